The fraction of sp³-hybridized carbons (Fsp3) is 0.500. The number of hydrogen-bond acceptors (Lipinski definition) is 3. The summed E-state index contributed by atoms with van der Waals surface area (Å²) in [6, 6.07) is 8.08. The monoisotopic (exact) mass is 366 g/mol. The van der Waals surface area contributed by atoms with Crippen molar-refractivity contribution >= 4 is 11.6 Å². The minimum atomic E-state index is 0.111. The Bertz CT molecular complexity index is 761. The molecule has 27 heavy (non-hydrogen) atoms. The summed E-state index contributed by atoms with van der Waals surface area (Å²) in [6.07, 6.45) is 5.69. The van der Waals surface area contributed by atoms with E-state index in [2.05, 4.69) is 25.1 Å². The van der Waals surface area contributed by atoms with Gasteiger partial charge in [0.2, 0.25) is 0 Å². The van der Waals surface area contributed by atoms with Crippen molar-refractivity contribution in [2.75, 3.05) is 13.2 Å². The highest BCUT2D eigenvalue weighted by molar-refractivity contribution is 6.01. The lowest BCUT2D eigenvalue weighted by atomic mass is 9.82. The maximum absolute atomic E-state index is 12.6. The summed E-state index contributed by atoms with van der Waals surface area (Å²) in [7, 11) is 0. The number of hydrogen-bond donors (Lipinski definition) is 0. The number of allylic oxidation sites excluding steroid dienone is 4. The van der Waals surface area contributed by atoms with Gasteiger partial charge >= 0.3 is 0 Å². The molecule has 0 amide bonds. The molecule has 1 fully saturated rings. The first kappa shape index (κ1) is 19.8. The molecule has 1 heterocycles. The molecule has 0 saturated carbocycles. The lowest BCUT2D eigenvalue weighted by Gasteiger charge is -2.28. The Balaban J connectivity index is 1.61. The molecule has 3 heteroatoms. The maximum Gasteiger partial charge on any atom is 0.163 e. The van der Waals surface area contributed by atoms with Crippen LogP contribution in [0.1, 0.15) is 74.7 Å². The first-order chi connectivity index (χ1) is 13.0. The van der Waals surface area contributed by atoms with Crippen LogP contribution in [0.3, 0.4) is 0 Å². The average molecular weight is 367 g/mol. The van der Waals surface area contributed by atoms with Crippen LogP contribution in [0.25, 0.3) is 0 Å². The van der Waals surface area contributed by atoms with Crippen molar-refractivity contribution < 1.29 is 14.3 Å². The van der Waals surface area contributed by atoms with E-state index in [1.807, 2.05) is 26.0 Å². The maximum atomic E-state index is 12.6. The van der Waals surface area contributed by atoms with Gasteiger partial charge < -0.3 is 4.74 Å². The Morgan fingerprint density at radius 3 is 2.44 bits per heavy atom. The highest BCUT2D eigenvalue weighted by Gasteiger charge is 2.22. The zero-order valence-electron chi connectivity index (χ0n) is 16.7. The van der Waals surface area contributed by atoms with Gasteiger partial charge in [-0.05, 0) is 61.7 Å². The predicted molar refractivity (Wildman–Crippen MR) is 108 cm³/mol. The van der Waals surface area contributed by atoms with Crippen LogP contribution in [0.5, 0.6) is 0 Å². The highest BCUT2D eigenvalue weighted by atomic mass is 16.5. The Morgan fingerprint density at radius 2 is 1.81 bits per heavy atom. The van der Waals surface area contributed by atoms with E-state index in [1.54, 1.807) is 0 Å². The van der Waals surface area contributed by atoms with Crippen LogP contribution in [-0.2, 0) is 9.53 Å². The summed E-state index contributed by atoms with van der Waals surface area (Å²) in [6.45, 7) is 7.92. The molecule has 1 saturated heterocycles. The second-order valence-corrected chi connectivity index (χ2v) is 8.04. The molecule has 1 atom stereocenters. The molecule has 1 aliphatic heterocycles. The third kappa shape index (κ3) is 4.84. The number of benzene rings is 1. The molecule has 1 aromatic rings. The van der Waals surface area contributed by atoms with Crippen molar-refractivity contribution in [1.82, 2.24) is 0 Å². The van der Waals surface area contributed by atoms with Crippen LogP contribution in [0.4, 0.5) is 0 Å². The lowest BCUT2D eigenvalue weighted by Crippen LogP contribution is -2.20. The fourth-order valence-electron chi connectivity index (χ4n) is 4.27. The Hall–Kier alpha value is -2.00. The standard InChI is InChI=1S/C24H30O3/c1-16-14-17(2)22(24(26)15-16)8-9-23(25)21-6-4-19(5-7-21)18(3)20-10-12-27-13-11-20/h4-7,14,18,20H,8-13,15H2,1-3H3. The normalized spacial score (nSPS) is 19.8. The number of carbonyl (C=O) groups is 2. The van der Waals surface area contributed by atoms with Crippen LogP contribution in [0.2, 0.25) is 0 Å². The van der Waals surface area contributed by atoms with Gasteiger partial charge in [-0.3, -0.25) is 9.59 Å². The summed E-state index contributed by atoms with van der Waals surface area (Å²) < 4.78 is 5.46. The third-order valence-corrected chi connectivity index (χ3v) is 6.05. The van der Waals surface area contributed by atoms with Crippen molar-refractivity contribution in [3.63, 3.8) is 0 Å². The average Bonchev–Trinajstić information content (AvgIpc) is 2.67. The van der Waals surface area contributed by atoms with Gasteiger partial charge in [-0.1, -0.05) is 42.8 Å². The van der Waals surface area contributed by atoms with Gasteiger partial charge in [0.25, 0.3) is 0 Å². The molecule has 0 N–H and O–H groups in total. The van der Waals surface area contributed by atoms with Crippen LogP contribution in [0, 0.1) is 5.92 Å². The molecule has 1 unspecified atom stereocenters. The number of carbonyl (C=O) groups excluding carboxylic acids is 2. The van der Waals surface area contributed by atoms with Crippen molar-refractivity contribution in [2.24, 2.45) is 5.92 Å². The minimum absolute atomic E-state index is 0.111. The number of Topliss-reactive ketones (excluding diaryl/α,β-unsaturated/α-hetero) is 2. The number of ketones is 2. The van der Waals surface area contributed by atoms with Gasteiger partial charge in [0.15, 0.2) is 11.6 Å². The van der Waals surface area contributed by atoms with E-state index in [-0.39, 0.29) is 11.6 Å². The third-order valence-electron chi connectivity index (χ3n) is 6.05. The lowest BCUT2D eigenvalue weighted by molar-refractivity contribution is -0.115. The molecule has 1 aliphatic carbocycles. The summed E-state index contributed by atoms with van der Waals surface area (Å²) >= 11 is 0. The molecule has 1 aromatic carbocycles. The van der Waals surface area contributed by atoms with E-state index in [0.29, 0.717) is 31.1 Å². The second kappa shape index (κ2) is 8.79. The summed E-state index contributed by atoms with van der Waals surface area (Å²) in [5.74, 6) is 1.42. The smallest absolute Gasteiger partial charge is 0.163 e. The van der Waals surface area contributed by atoms with Gasteiger partial charge in [0.1, 0.15) is 0 Å². The van der Waals surface area contributed by atoms with Crippen LogP contribution in [0.15, 0.2) is 47.1 Å². The Kier molecular flexibility index (Phi) is 6.43. The van der Waals surface area contributed by atoms with Gasteiger partial charge in [-0.2, -0.15) is 0 Å². The molecule has 144 valence electrons. The van der Waals surface area contributed by atoms with Crippen LogP contribution >= 0.6 is 0 Å². The topological polar surface area (TPSA) is 43.4 Å². The van der Waals surface area contributed by atoms with E-state index in [9.17, 15) is 9.59 Å². The molecule has 0 spiro atoms. The molecule has 3 nitrogen and oxygen atoms in total. The minimum Gasteiger partial charge on any atom is -0.381 e. The molecule has 2 aliphatic rings. The summed E-state index contributed by atoms with van der Waals surface area (Å²) in [5.41, 5.74) is 4.96. The molecule has 0 radical (unpaired) electrons. The first-order valence-electron chi connectivity index (χ1n) is 10.1. The van der Waals surface area contributed by atoms with Crippen molar-refractivity contribution in [3.05, 3.63) is 58.2 Å². The molecular weight excluding hydrogens is 336 g/mol. The second-order valence-electron chi connectivity index (χ2n) is 8.04. The van der Waals surface area contributed by atoms with E-state index in [0.717, 1.165) is 48.3 Å². The molecule has 0 aromatic heterocycles. The van der Waals surface area contributed by atoms with Crippen LogP contribution < -0.4 is 0 Å². The van der Waals surface area contributed by atoms with Crippen molar-refractivity contribution in [3.8, 4) is 0 Å². The summed E-state index contributed by atoms with van der Waals surface area (Å²) in [5, 5.41) is 0. The molecule has 0 bridgehead atoms. The van der Waals surface area contributed by atoms with Crippen LogP contribution in [-0.4, -0.2) is 24.8 Å². The molecule has 3 rings (SSSR count). The zero-order chi connectivity index (χ0) is 19.4. The largest absolute Gasteiger partial charge is 0.381 e. The summed E-state index contributed by atoms with van der Waals surface area (Å²) in [4.78, 5) is 24.8. The van der Waals surface area contributed by atoms with Gasteiger partial charge in [0, 0.05) is 31.6 Å². The first-order valence-corrected chi connectivity index (χ1v) is 10.1. The predicted octanol–water partition coefficient (Wildman–Crippen LogP) is 5.42. The van der Waals surface area contributed by atoms with E-state index in [4.69, 9.17) is 4.74 Å². The van der Waals surface area contributed by atoms with E-state index < -0.39 is 0 Å². The van der Waals surface area contributed by atoms with E-state index in [1.165, 1.54) is 5.56 Å². The number of ether oxygens (including phenoxy) is 1. The zero-order valence-corrected chi connectivity index (χ0v) is 16.7. The quantitative estimate of drug-likeness (QED) is 0.632. The van der Waals surface area contributed by atoms with Gasteiger partial charge in [-0.15, -0.1) is 0 Å². The van der Waals surface area contributed by atoms with E-state index >= 15 is 0 Å². The van der Waals surface area contributed by atoms with Gasteiger partial charge in [0.05, 0.1) is 0 Å². The van der Waals surface area contributed by atoms with Crippen molar-refractivity contribution in [2.45, 2.75) is 58.8 Å². The SMILES string of the molecule is CC1=CC(C)=C(CCC(=O)c2ccc(C(C)C3CCOCC3)cc2)C(=O)C1. The van der Waals surface area contributed by atoms with Gasteiger partial charge in [-0.25, -0.2) is 0 Å². The molecular formula is C24H30O3. The highest BCUT2D eigenvalue weighted by Crippen LogP contribution is 2.32. The fourth-order valence-corrected chi connectivity index (χ4v) is 4.27. The Morgan fingerprint density at radius 1 is 1.15 bits per heavy atom. The van der Waals surface area contributed by atoms with Crippen molar-refractivity contribution in [1.29, 1.82) is 0 Å². The Labute approximate surface area is 162 Å². The number of rotatable bonds is 6.